The number of ether oxygens (including phenoxy) is 2. The van der Waals surface area contributed by atoms with E-state index < -0.39 is 0 Å². The lowest BCUT2D eigenvalue weighted by Crippen LogP contribution is -2.43. The normalized spacial score (nSPS) is 16.8. The van der Waals surface area contributed by atoms with E-state index in [1.807, 2.05) is 0 Å². The second-order valence-electron chi connectivity index (χ2n) is 5.09. The van der Waals surface area contributed by atoms with E-state index in [2.05, 4.69) is 17.3 Å². The number of amides is 1. The van der Waals surface area contributed by atoms with E-state index in [1.165, 1.54) is 0 Å². The lowest BCUT2D eigenvalue weighted by molar-refractivity contribution is 0.0913. The van der Waals surface area contributed by atoms with Crippen LogP contribution in [0.4, 0.5) is 0 Å². The van der Waals surface area contributed by atoms with Gasteiger partial charge in [0.1, 0.15) is 0 Å². The molecule has 0 bridgehead atoms. The van der Waals surface area contributed by atoms with Gasteiger partial charge in [0, 0.05) is 6.04 Å². The second kappa shape index (κ2) is 6.61. The van der Waals surface area contributed by atoms with Crippen molar-refractivity contribution in [3.63, 3.8) is 0 Å². The Kier molecular flexibility index (Phi) is 4.84. The molecule has 20 heavy (non-hydrogen) atoms. The molecule has 1 saturated heterocycles. The van der Waals surface area contributed by atoms with Crippen molar-refractivity contribution in [2.75, 3.05) is 34.4 Å². The summed E-state index contributed by atoms with van der Waals surface area (Å²) in [5, 5.41) is 3.08. The number of likely N-dealkylation sites (tertiary alicyclic amines) is 1. The highest BCUT2D eigenvalue weighted by atomic mass is 16.5. The molecular weight excluding hydrogens is 256 g/mol. The molecule has 0 atom stereocenters. The Labute approximate surface area is 119 Å². The fourth-order valence-electron chi connectivity index (χ4n) is 2.48. The SMILES string of the molecule is COc1cccc(C(=O)NC2CCN(C)CC2)c1OC. The van der Waals surface area contributed by atoms with Gasteiger partial charge in [-0.05, 0) is 45.1 Å². The zero-order valence-electron chi connectivity index (χ0n) is 12.3. The Morgan fingerprint density at radius 2 is 1.95 bits per heavy atom. The van der Waals surface area contributed by atoms with Crippen LogP contribution in [0.2, 0.25) is 0 Å². The molecule has 1 aliphatic rings. The van der Waals surface area contributed by atoms with Crippen molar-refractivity contribution in [2.45, 2.75) is 18.9 Å². The molecule has 1 amide bonds. The first kappa shape index (κ1) is 14.7. The standard InChI is InChI=1S/C15H22N2O3/c1-17-9-7-11(8-10-17)16-15(18)12-5-4-6-13(19-2)14(12)20-3/h4-6,11H,7-10H2,1-3H3,(H,16,18). The highest BCUT2D eigenvalue weighted by Gasteiger charge is 2.22. The number of methoxy groups -OCH3 is 2. The molecule has 110 valence electrons. The van der Waals surface area contributed by atoms with Crippen molar-refractivity contribution in [1.29, 1.82) is 0 Å². The van der Waals surface area contributed by atoms with Gasteiger partial charge in [0.2, 0.25) is 0 Å². The Hall–Kier alpha value is -1.75. The number of carbonyl (C=O) groups excluding carboxylic acids is 1. The number of nitrogens with one attached hydrogen (secondary N) is 1. The smallest absolute Gasteiger partial charge is 0.255 e. The van der Waals surface area contributed by atoms with Crippen molar-refractivity contribution in [2.24, 2.45) is 0 Å². The minimum Gasteiger partial charge on any atom is -0.493 e. The molecule has 0 saturated carbocycles. The quantitative estimate of drug-likeness (QED) is 0.907. The third-order valence-corrected chi connectivity index (χ3v) is 3.70. The molecular formula is C15H22N2O3. The molecule has 2 rings (SSSR count). The number of nitrogens with zero attached hydrogens (tertiary/aromatic N) is 1. The first-order chi connectivity index (χ1) is 9.65. The van der Waals surface area contributed by atoms with Crippen LogP contribution < -0.4 is 14.8 Å². The number of hydrogen-bond donors (Lipinski definition) is 1. The lowest BCUT2D eigenvalue weighted by atomic mass is 10.0. The average Bonchev–Trinajstić information content (AvgIpc) is 2.48. The topological polar surface area (TPSA) is 50.8 Å². The number of para-hydroxylation sites is 1. The first-order valence-corrected chi connectivity index (χ1v) is 6.86. The van der Waals surface area contributed by atoms with Gasteiger partial charge in [0.05, 0.1) is 19.8 Å². The number of piperidine rings is 1. The van der Waals surface area contributed by atoms with E-state index in [9.17, 15) is 4.79 Å². The third kappa shape index (κ3) is 3.22. The molecule has 1 aromatic carbocycles. The second-order valence-corrected chi connectivity index (χ2v) is 5.09. The van der Waals surface area contributed by atoms with Crippen molar-refractivity contribution in [3.8, 4) is 11.5 Å². The van der Waals surface area contributed by atoms with Crippen LogP contribution in [-0.4, -0.2) is 51.2 Å². The maximum Gasteiger partial charge on any atom is 0.255 e. The summed E-state index contributed by atoms with van der Waals surface area (Å²) in [7, 11) is 5.21. The van der Waals surface area contributed by atoms with Gasteiger partial charge < -0.3 is 19.7 Å². The van der Waals surface area contributed by atoms with E-state index in [-0.39, 0.29) is 11.9 Å². The van der Waals surface area contributed by atoms with Crippen LogP contribution in [0.1, 0.15) is 23.2 Å². The molecule has 0 spiro atoms. The van der Waals surface area contributed by atoms with Gasteiger partial charge in [-0.15, -0.1) is 0 Å². The van der Waals surface area contributed by atoms with E-state index in [1.54, 1.807) is 32.4 Å². The fourth-order valence-corrected chi connectivity index (χ4v) is 2.48. The summed E-state index contributed by atoms with van der Waals surface area (Å²) in [5.74, 6) is 0.958. The van der Waals surface area contributed by atoms with Gasteiger partial charge in [-0.3, -0.25) is 4.79 Å². The third-order valence-electron chi connectivity index (χ3n) is 3.70. The summed E-state index contributed by atoms with van der Waals surface area (Å²) < 4.78 is 10.5. The lowest BCUT2D eigenvalue weighted by Gasteiger charge is -2.29. The van der Waals surface area contributed by atoms with Crippen LogP contribution in [0.15, 0.2) is 18.2 Å². The Balaban J connectivity index is 2.09. The van der Waals surface area contributed by atoms with E-state index in [0.29, 0.717) is 17.1 Å². The minimum atomic E-state index is -0.102. The molecule has 0 radical (unpaired) electrons. The summed E-state index contributed by atoms with van der Waals surface area (Å²) in [5.41, 5.74) is 0.519. The number of hydrogen-bond acceptors (Lipinski definition) is 4. The van der Waals surface area contributed by atoms with Gasteiger partial charge in [-0.2, -0.15) is 0 Å². The summed E-state index contributed by atoms with van der Waals surface area (Å²) in [6, 6.07) is 5.57. The summed E-state index contributed by atoms with van der Waals surface area (Å²) >= 11 is 0. The molecule has 1 heterocycles. The van der Waals surface area contributed by atoms with Gasteiger partial charge in [0.25, 0.3) is 5.91 Å². The molecule has 1 N–H and O–H groups in total. The predicted octanol–water partition coefficient (Wildman–Crippen LogP) is 1.53. The van der Waals surface area contributed by atoms with Crippen LogP contribution in [-0.2, 0) is 0 Å². The van der Waals surface area contributed by atoms with Crippen molar-refractivity contribution in [1.82, 2.24) is 10.2 Å². The number of rotatable bonds is 4. The first-order valence-electron chi connectivity index (χ1n) is 6.86. The van der Waals surface area contributed by atoms with E-state index in [4.69, 9.17) is 9.47 Å². The zero-order chi connectivity index (χ0) is 14.5. The number of carbonyl (C=O) groups is 1. The highest BCUT2D eigenvalue weighted by Crippen LogP contribution is 2.30. The predicted molar refractivity (Wildman–Crippen MR) is 77.5 cm³/mol. The molecule has 1 aromatic rings. The van der Waals surface area contributed by atoms with Crippen LogP contribution >= 0.6 is 0 Å². The molecule has 0 aliphatic carbocycles. The van der Waals surface area contributed by atoms with Gasteiger partial charge in [-0.1, -0.05) is 6.07 Å². The largest absolute Gasteiger partial charge is 0.493 e. The Morgan fingerprint density at radius 3 is 2.55 bits per heavy atom. The zero-order valence-corrected chi connectivity index (χ0v) is 12.3. The molecule has 5 nitrogen and oxygen atoms in total. The minimum absolute atomic E-state index is 0.102. The van der Waals surface area contributed by atoms with E-state index >= 15 is 0 Å². The Morgan fingerprint density at radius 1 is 1.25 bits per heavy atom. The van der Waals surface area contributed by atoms with Crippen LogP contribution in [0.3, 0.4) is 0 Å². The molecule has 0 unspecified atom stereocenters. The number of benzene rings is 1. The van der Waals surface area contributed by atoms with Gasteiger partial charge in [0.15, 0.2) is 11.5 Å². The molecule has 5 heteroatoms. The van der Waals surface area contributed by atoms with Crippen LogP contribution in [0, 0.1) is 0 Å². The maximum atomic E-state index is 12.4. The maximum absolute atomic E-state index is 12.4. The van der Waals surface area contributed by atoms with Crippen molar-refractivity contribution < 1.29 is 14.3 Å². The molecule has 0 aromatic heterocycles. The van der Waals surface area contributed by atoms with Crippen LogP contribution in [0.25, 0.3) is 0 Å². The monoisotopic (exact) mass is 278 g/mol. The van der Waals surface area contributed by atoms with Crippen molar-refractivity contribution in [3.05, 3.63) is 23.8 Å². The molecule has 1 aliphatic heterocycles. The Bertz CT molecular complexity index is 468. The molecule has 1 fully saturated rings. The fraction of sp³-hybridized carbons (Fsp3) is 0.533. The van der Waals surface area contributed by atoms with Gasteiger partial charge in [-0.25, -0.2) is 0 Å². The summed E-state index contributed by atoms with van der Waals surface area (Å²) in [6.07, 6.45) is 1.96. The highest BCUT2D eigenvalue weighted by molar-refractivity contribution is 5.98. The summed E-state index contributed by atoms with van der Waals surface area (Å²) in [6.45, 7) is 2.03. The average molecular weight is 278 g/mol. The van der Waals surface area contributed by atoms with Gasteiger partial charge >= 0.3 is 0 Å². The summed E-state index contributed by atoms with van der Waals surface area (Å²) in [4.78, 5) is 14.7. The van der Waals surface area contributed by atoms with Crippen LogP contribution in [0.5, 0.6) is 11.5 Å². The van der Waals surface area contributed by atoms with Crippen molar-refractivity contribution >= 4 is 5.91 Å². The van der Waals surface area contributed by atoms with E-state index in [0.717, 1.165) is 25.9 Å².